The van der Waals surface area contributed by atoms with Crippen LogP contribution in [0, 0.1) is 12.8 Å². The lowest BCUT2D eigenvalue weighted by molar-refractivity contribution is -0.290. The highest BCUT2D eigenvalue weighted by atomic mass is 19.4. The zero-order valence-electron chi connectivity index (χ0n) is 11.9. The number of aliphatic hydroxyl groups is 1. The summed E-state index contributed by atoms with van der Waals surface area (Å²) in [4.78, 5) is 23.3. The second-order valence-electron chi connectivity index (χ2n) is 5.34. The summed E-state index contributed by atoms with van der Waals surface area (Å²) in [7, 11) is 0. The molecule has 0 radical (unpaired) electrons. The molecule has 0 unspecified atom stereocenters. The van der Waals surface area contributed by atoms with Crippen LogP contribution < -0.4 is 10.6 Å². The number of ketones is 1. The molecule has 1 aromatic rings. The van der Waals surface area contributed by atoms with Gasteiger partial charge in [-0.15, -0.1) is 0 Å². The van der Waals surface area contributed by atoms with Crippen LogP contribution in [-0.2, 0) is 4.79 Å². The monoisotopic (exact) mass is 316 g/mol. The zero-order chi connectivity index (χ0) is 16.7. The largest absolute Gasteiger partial charge is 0.437 e. The zero-order valence-corrected chi connectivity index (χ0v) is 11.9. The van der Waals surface area contributed by atoms with Gasteiger partial charge in [0.05, 0.1) is 12.0 Å². The van der Waals surface area contributed by atoms with E-state index in [-0.39, 0.29) is 0 Å². The van der Waals surface area contributed by atoms with Gasteiger partial charge in [0.15, 0.2) is 0 Å². The van der Waals surface area contributed by atoms with Crippen molar-refractivity contribution in [2.45, 2.75) is 31.8 Å². The summed E-state index contributed by atoms with van der Waals surface area (Å²) in [6.45, 7) is 2.74. The molecule has 1 aromatic carbocycles. The number of amides is 2. The highest BCUT2D eigenvalue weighted by molar-refractivity contribution is 5.86. The maximum Gasteiger partial charge on any atom is 0.437 e. The average Bonchev–Trinajstić information content (AvgIpc) is 2.36. The highest BCUT2D eigenvalue weighted by Crippen LogP contribution is 2.42. The number of alkyl halides is 3. The van der Waals surface area contributed by atoms with Crippen LogP contribution in [0.25, 0.3) is 0 Å². The fourth-order valence-corrected chi connectivity index (χ4v) is 2.58. The first-order valence-corrected chi connectivity index (χ1v) is 6.51. The molecule has 0 spiro atoms. The molecule has 0 bridgehead atoms. The van der Waals surface area contributed by atoms with Crippen LogP contribution in [0.2, 0.25) is 0 Å². The summed E-state index contributed by atoms with van der Waals surface area (Å²) in [6.07, 6.45) is -5.19. The van der Waals surface area contributed by atoms with Gasteiger partial charge in [0, 0.05) is 0 Å². The number of hydrogen-bond acceptors (Lipinski definition) is 3. The van der Waals surface area contributed by atoms with Crippen molar-refractivity contribution >= 4 is 11.8 Å². The average molecular weight is 316 g/mol. The summed E-state index contributed by atoms with van der Waals surface area (Å²) >= 11 is 0. The third kappa shape index (κ3) is 2.66. The fourth-order valence-electron chi connectivity index (χ4n) is 2.58. The molecule has 0 aliphatic carbocycles. The van der Waals surface area contributed by atoms with E-state index in [4.69, 9.17) is 0 Å². The number of Topliss-reactive ketones (excluding diaryl/α,β-unsaturated/α-hetero) is 1. The predicted molar refractivity (Wildman–Crippen MR) is 70.8 cm³/mol. The number of hydrogen-bond donors (Lipinski definition) is 3. The quantitative estimate of drug-likeness (QED) is 0.778. The molecular weight excluding hydrogens is 301 g/mol. The normalized spacial score (nSPS) is 28.7. The van der Waals surface area contributed by atoms with Crippen molar-refractivity contribution in [1.82, 2.24) is 10.6 Å². The highest BCUT2D eigenvalue weighted by Gasteiger charge is 2.65. The lowest BCUT2D eigenvalue weighted by Gasteiger charge is -2.44. The topological polar surface area (TPSA) is 78.4 Å². The second kappa shape index (κ2) is 5.28. The van der Waals surface area contributed by atoms with E-state index in [9.17, 15) is 27.9 Å². The molecule has 3 atom stereocenters. The van der Waals surface area contributed by atoms with Crippen molar-refractivity contribution in [3.05, 3.63) is 35.4 Å². The summed E-state index contributed by atoms with van der Waals surface area (Å²) in [5.41, 5.74) is -2.44. The van der Waals surface area contributed by atoms with Gasteiger partial charge in [0.2, 0.25) is 5.72 Å². The summed E-state index contributed by atoms with van der Waals surface area (Å²) < 4.78 is 39.7. The van der Waals surface area contributed by atoms with E-state index in [0.29, 0.717) is 5.56 Å². The number of carbonyl (C=O) groups excluding carboxylic acids is 2. The van der Waals surface area contributed by atoms with Gasteiger partial charge in [-0.05, 0) is 19.4 Å². The van der Waals surface area contributed by atoms with Gasteiger partial charge >= 0.3 is 12.2 Å². The van der Waals surface area contributed by atoms with Gasteiger partial charge in [0.25, 0.3) is 0 Å². The van der Waals surface area contributed by atoms with E-state index in [1.807, 2.05) is 0 Å². The van der Waals surface area contributed by atoms with Gasteiger partial charge in [-0.3, -0.25) is 4.79 Å². The number of rotatable bonds is 2. The third-order valence-electron chi connectivity index (χ3n) is 3.68. The van der Waals surface area contributed by atoms with Crippen molar-refractivity contribution < 1.29 is 27.9 Å². The molecule has 3 N–H and O–H groups in total. The van der Waals surface area contributed by atoms with E-state index >= 15 is 0 Å². The van der Waals surface area contributed by atoms with Gasteiger partial charge < -0.3 is 15.7 Å². The van der Waals surface area contributed by atoms with Crippen LogP contribution in [0.15, 0.2) is 24.3 Å². The SMILES string of the molecule is CC(=O)[C@H]1[C@H](c2ccc(C)cc2)NC(=O)N[C@@]1(O)C(F)(F)F. The molecule has 120 valence electrons. The molecular formula is C14H15F3N2O3. The maximum atomic E-state index is 13.2. The molecule has 1 aliphatic rings. The minimum atomic E-state index is -5.19. The minimum Gasteiger partial charge on any atom is -0.363 e. The van der Waals surface area contributed by atoms with Crippen LogP contribution in [0.1, 0.15) is 24.1 Å². The van der Waals surface area contributed by atoms with E-state index in [1.54, 1.807) is 19.1 Å². The summed E-state index contributed by atoms with van der Waals surface area (Å²) in [6, 6.07) is 3.85. The van der Waals surface area contributed by atoms with Gasteiger partial charge in [0.1, 0.15) is 5.78 Å². The Balaban J connectivity index is 2.54. The lowest BCUT2D eigenvalue weighted by Crippen LogP contribution is -2.72. The van der Waals surface area contributed by atoms with Crippen molar-refractivity contribution in [2.75, 3.05) is 0 Å². The smallest absolute Gasteiger partial charge is 0.363 e. The van der Waals surface area contributed by atoms with Crippen LogP contribution in [0.5, 0.6) is 0 Å². The molecule has 1 aliphatic heterocycles. The molecule has 1 saturated heterocycles. The summed E-state index contributed by atoms with van der Waals surface area (Å²) in [5.74, 6) is -2.79. The van der Waals surface area contributed by atoms with Crippen molar-refractivity contribution in [2.24, 2.45) is 5.92 Å². The number of nitrogens with one attached hydrogen (secondary N) is 2. The Bertz CT molecular complexity index is 600. The molecule has 1 fully saturated rings. The van der Waals surface area contributed by atoms with Crippen molar-refractivity contribution in [3.8, 4) is 0 Å². The van der Waals surface area contributed by atoms with Crippen LogP contribution in [0.3, 0.4) is 0 Å². The Morgan fingerprint density at radius 1 is 1.27 bits per heavy atom. The molecule has 2 amide bonds. The minimum absolute atomic E-state index is 0.309. The first-order valence-electron chi connectivity index (χ1n) is 6.51. The molecule has 0 saturated carbocycles. The van der Waals surface area contributed by atoms with Crippen LogP contribution >= 0.6 is 0 Å². The number of halogens is 3. The molecule has 8 heteroatoms. The Morgan fingerprint density at radius 2 is 1.82 bits per heavy atom. The first kappa shape index (κ1) is 16.3. The standard InChI is InChI=1S/C14H15F3N2O3/c1-7-3-5-9(6-4-7)11-10(8(2)20)13(22,14(15,16)17)19-12(21)18-11/h3-6,10-11,22H,1-2H3,(H2,18,19,21)/t10-,11-,13-/m0/s1. The third-order valence-corrected chi connectivity index (χ3v) is 3.68. The van der Waals surface area contributed by atoms with E-state index < -0.39 is 35.7 Å². The van der Waals surface area contributed by atoms with E-state index in [0.717, 1.165) is 12.5 Å². The number of aryl methyl sites for hydroxylation is 1. The lowest BCUT2D eigenvalue weighted by atomic mass is 9.79. The maximum absolute atomic E-state index is 13.2. The molecule has 0 aromatic heterocycles. The fraction of sp³-hybridized carbons (Fsp3) is 0.429. The number of urea groups is 1. The van der Waals surface area contributed by atoms with Crippen LogP contribution in [-0.4, -0.2) is 28.8 Å². The van der Waals surface area contributed by atoms with Gasteiger partial charge in [-0.2, -0.15) is 13.2 Å². The Morgan fingerprint density at radius 3 is 2.27 bits per heavy atom. The Kier molecular flexibility index (Phi) is 3.90. The number of benzene rings is 1. The molecule has 1 heterocycles. The predicted octanol–water partition coefficient (Wildman–Crippen LogP) is 1.81. The van der Waals surface area contributed by atoms with E-state index in [1.165, 1.54) is 17.4 Å². The second-order valence-corrected chi connectivity index (χ2v) is 5.34. The Labute approximate surface area is 124 Å². The van der Waals surface area contributed by atoms with Crippen molar-refractivity contribution in [1.29, 1.82) is 0 Å². The van der Waals surface area contributed by atoms with E-state index in [2.05, 4.69) is 5.32 Å². The van der Waals surface area contributed by atoms with Gasteiger partial charge in [-0.25, -0.2) is 4.79 Å². The Hall–Kier alpha value is -2.09. The summed E-state index contributed by atoms with van der Waals surface area (Å²) in [5, 5.41) is 13.7. The molecule has 2 rings (SSSR count). The van der Waals surface area contributed by atoms with Crippen molar-refractivity contribution in [3.63, 3.8) is 0 Å². The number of carbonyl (C=O) groups is 2. The first-order chi connectivity index (χ1) is 10.1. The van der Waals surface area contributed by atoms with Crippen LogP contribution in [0.4, 0.5) is 18.0 Å². The molecule has 5 nitrogen and oxygen atoms in total. The van der Waals surface area contributed by atoms with Gasteiger partial charge in [-0.1, -0.05) is 29.8 Å². The molecule has 22 heavy (non-hydrogen) atoms.